The van der Waals surface area contributed by atoms with Crippen LogP contribution in [0, 0.1) is 6.92 Å². The summed E-state index contributed by atoms with van der Waals surface area (Å²) in [5, 5.41) is 8.69. The molecule has 0 unspecified atom stereocenters. The van der Waals surface area contributed by atoms with Crippen LogP contribution in [0.25, 0.3) is 0 Å². The van der Waals surface area contributed by atoms with Crippen molar-refractivity contribution in [3.8, 4) is 0 Å². The Labute approximate surface area is 127 Å². The third-order valence-corrected chi connectivity index (χ3v) is 3.59. The van der Waals surface area contributed by atoms with E-state index in [1.54, 1.807) is 11.0 Å². The highest BCUT2D eigenvalue weighted by atomic mass is 79.9. The third kappa shape index (κ3) is 4.63. The van der Waals surface area contributed by atoms with Crippen molar-refractivity contribution in [2.45, 2.75) is 39.7 Å². The van der Waals surface area contributed by atoms with Gasteiger partial charge >= 0.3 is 5.97 Å². The number of carbonyl (C=O) groups excluding carboxylic acids is 1. The van der Waals surface area contributed by atoms with Crippen LogP contribution >= 0.6 is 15.9 Å². The summed E-state index contributed by atoms with van der Waals surface area (Å²) >= 11 is 3.38. The molecular weight excluding hydrogens is 322 g/mol. The molecule has 1 aromatic rings. The van der Waals surface area contributed by atoms with E-state index >= 15 is 0 Å². The molecule has 0 aliphatic carbocycles. The first-order valence-corrected chi connectivity index (χ1v) is 7.41. The van der Waals surface area contributed by atoms with Crippen molar-refractivity contribution < 1.29 is 14.7 Å². The molecule has 0 heterocycles. The van der Waals surface area contributed by atoms with E-state index in [1.807, 2.05) is 32.9 Å². The van der Waals surface area contributed by atoms with Crippen molar-refractivity contribution in [2.24, 2.45) is 0 Å². The molecule has 0 radical (unpaired) electrons. The van der Waals surface area contributed by atoms with E-state index in [9.17, 15) is 9.59 Å². The molecule has 1 amide bonds. The Hall–Kier alpha value is -1.36. The number of benzene rings is 1. The average molecular weight is 342 g/mol. The van der Waals surface area contributed by atoms with Crippen LogP contribution in [0.15, 0.2) is 22.7 Å². The van der Waals surface area contributed by atoms with Crippen LogP contribution < -0.4 is 0 Å². The lowest BCUT2D eigenvalue weighted by Gasteiger charge is -2.27. The number of rotatable bonds is 6. The Morgan fingerprint density at radius 3 is 2.50 bits per heavy atom. The Morgan fingerprint density at radius 2 is 2.00 bits per heavy atom. The number of carboxylic acids is 1. The second-order valence-electron chi connectivity index (χ2n) is 5.05. The van der Waals surface area contributed by atoms with Crippen LogP contribution in [0.1, 0.15) is 42.6 Å². The first-order valence-electron chi connectivity index (χ1n) is 6.62. The Bertz CT molecular complexity index is 500. The van der Waals surface area contributed by atoms with Gasteiger partial charge in [-0.15, -0.1) is 0 Å². The molecule has 1 N–H and O–H groups in total. The summed E-state index contributed by atoms with van der Waals surface area (Å²) in [4.78, 5) is 24.9. The summed E-state index contributed by atoms with van der Waals surface area (Å²) in [5.74, 6) is -0.878. The standard InChI is InChI=1S/C15H20BrNO3/c1-10(2)17(8-4-5-14(18)19)15(20)13-7-6-12(16)9-11(13)3/h6-7,9-10H,4-5,8H2,1-3H3,(H,18,19). The topological polar surface area (TPSA) is 57.6 Å². The SMILES string of the molecule is Cc1cc(Br)ccc1C(=O)N(CCCC(=O)O)C(C)C. The van der Waals surface area contributed by atoms with Crippen LogP contribution in [0.3, 0.4) is 0 Å². The Balaban J connectivity index is 2.85. The van der Waals surface area contributed by atoms with Gasteiger partial charge in [-0.2, -0.15) is 0 Å². The van der Waals surface area contributed by atoms with Gasteiger partial charge in [-0.25, -0.2) is 0 Å². The quantitative estimate of drug-likeness (QED) is 0.861. The summed E-state index contributed by atoms with van der Waals surface area (Å²) in [5.41, 5.74) is 1.57. The van der Waals surface area contributed by atoms with Gasteiger partial charge in [0, 0.05) is 29.0 Å². The first kappa shape index (κ1) is 16.7. The lowest BCUT2D eigenvalue weighted by molar-refractivity contribution is -0.137. The molecule has 1 rings (SSSR count). The summed E-state index contributed by atoms with van der Waals surface area (Å²) in [7, 11) is 0. The highest BCUT2D eigenvalue weighted by molar-refractivity contribution is 9.10. The molecule has 5 heteroatoms. The predicted octanol–water partition coefficient (Wildman–Crippen LogP) is 3.47. The highest BCUT2D eigenvalue weighted by Gasteiger charge is 2.20. The van der Waals surface area contributed by atoms with Gasteiger partial charge in [0.2, 0.25) is 0 Å². The second kappa shape index (κ2) is 7.43. The fraction of sp³-hybridized carbons (Fsp3) is 0.467. The summed E-state index contributed by atoms with van der Waals surface area (Å²) < 4.78 is 0.938. The Morgan fingerprint density at radius 1 is 1.35 bits per heavy atom. The third-order valence-electron chi connectivity index (χ3n) is 3.09. The maximum Gasteiger partial charge on any atom is 0.303 e. The van der Waals surface area contributed by atoms with E-state index in [0.29, 0.717) is 18.5 Å². The maximum atomic E-state index is 12.6. The number of amides is 1. The lowest BCUT2D eigenvalue weighted by Crippen LogP contribution is -2.38. The molecule has 0 fully saturated rings. The van der Waals surface area contributed by atoms with Crippen molar-refractivity contribution >= 4 is 27.8 Å². The number of carboxylic acid groups (broad SMARTS) is 1. The number of aryl methyl sites for hydroxylation is 1. The van der Waals surface area contributed by atoms with Gasteiger partial charge in [-0.1, -0.05) is 15.9 Å². The molecule has 4 nitrogen and oxygen atoms in total. The van der Waals surface area contributed by atoms with Gasteiger partial charge in [0.1, 0.15) is 0 Å². The minimum Gasteiger partial charge on any atom is -0.481 e. The van der Waals surface area contributed by atoms with Crippen LogP contribution in [-0.2, 0) is 4.79 Å². The van der Waals surface area contributed by atoms with Crippen molar-refractivity contribution in [3.63, 3.8) is 0 Å². The molecule has 110 valence electrons. The zero-order valence-electron chi connectivity index (χ0n) is 12.0. The summed E-state index contributed by atoms with van der Waals surface area (Å²) in [6, 6.07) is 5.59. The van der Waals surface area contributed by atoms with Gasteiger partial charge in [-0.05, 0) is 51.0 Å². The number of hydrogen-bond donors (Lipinski definition) is 1. The van der Waals surface area contributed by atoms with E-state index in [1.165, 1.54) is 0 Å². The van der Waals surface area contributed by atoms with Gasteiger partial charge in [0.25, 0.3) is 5.91 Å². The van der Waals surface area contributed by atoms with E-state index in [4.69, 9.17) is 5.11 Å². The molecular formula is C15H20BrNO3. The van der Waals surface area contributed by atoms with E-state index < -0.39 is 5.97 Å². The number of carbonyl (C=O) groups is 2. The van der Waals surface area contributed by atoms with E-state index in [2.05, 4.69) is 15.9 Å². The van der Waals surface area contributed by atoms with Gasteiger partial charge in [0.15, 0.2) is 0 Å². The minimum absolute atomic E-state index is 0.0411. The first-order chi connectivity index (χ1) is 9.32. The van der Waals surface area contributed by atoms with Gasteiger partial charge in [-0.3, -0.25) is 9.59 Å². The molecule has 0 saturated heterocycles. The molecule has 0 aliphatic heterocycles. The number of halogens is 1. The lowest BCUT2D eigenvalue weighted by atomic mass is 10.1. The molecule has 0 spiro atoms. The molecule has 20 heavy (non-hydrogen) atoms. The predicted molar refractivity (Wildman–Crippen MR) is 81.9 cm³/mol. The number of hydrogen-bond acceptors (Lipinski definition) is 2. The van der Waals surface area contributed by atoms with Gasteiger partial charge < -0.3 is 10.0 Å². The van der Waals surface area contributed by atoms with Crippen molar-refractivity contribution in [2.75, 3.05) is 6.54 Å². The van der Waals surface area contributed by atoms with E-state index in [-0.39, 0.29) is 18.4 Å². The largest absolute Gasteiger partial charge is 0.481 e. The molecule has 0 aliphatic rings. The summed E-state index contributed by atoms with van der Waals surface area (Å²) in [6.07, 6.45) is 0.546. The normalized spacial score (nSPS) is 10.7. The minimum atomic E-state index is -0.832. The maximum absolute atomic E-state index is 12.6. The fourth-order valence-electron chi connectivity index (χ4n) is 2.02. The van der Waals surface area contributed by atoms with E-state index in [0.717, 1.165) is 10.0 Å². The number of aliphatic carboxylic acids is 1. The smallest absolute Gasteiger partial charge is 0.303 e. The zero-order chi connectivity index (χ0) is 15.3. The van der Waals surface area contributed by atoms with Crippen molar-refractivity contribution in [3.05, 3.63) is 33.8 Å². The molecule has 1 aromatic carbocycles. The fourth-order valence-corrected chi connectivity index (χ4v) is 2.49. The molecule has 0 bridgehead atoms. The number of nitrogens with zero attached hydrogens (tertiary/aromatic N) is 1. The second-order valence-corrected chi connectivity index (χ2v) is 5.96. The molecule has 0 saturated carbocycles. The average Bonchev–Trinajstić information content (AvgIpc) is 2.33. The van der Waals surface area contributed by atoms with Crippen LogP contribution in [0.4, 0.5) is 0 Å². The summed E-state index contributed by atoms with van der Waals surface area (Å²) in [6.45, 7) is 6.23. The molecule has 0 aromatic heterocycles. The van der Waals surface area contributed by atoms with Gasteiger partial charge in [0.05, 0.1) is 0 Å². The monoisotopic (exact) mass is 341 g/mol. The van der Waals surface area contributed by atoms with Crippen molar-refractivity contribution in [1.29, 1.82) is 0 Å². The van der Waals surface area contributed by atoms with Crippen LogP contribution in [0.2, 0.25) is 0 Å². The van der Waals surface area contributed by atoms with Crippen molar-refractivity contribution in [1.82, 2.24) is 4.90 Å². The highest BCUT2D eigenvalue weighted by Crippen LogP contribution is 2.18. The zero-order valence-corrected chi connectivity index (χ0v) is 13.6. The van der Waals surface area contributed by atoms with Crippen LogP contribution in [0.5, 0.6) is 0 Å². The molecule has 0 atom stereocenters. The Kier molecular flexibility index (Phi) is 6.20. The van der Waals surface area contributed by atoms with Crippen LogP contribution in [-0.4, -0.2) is 34.5 Å².